The average Bonchev–Trinajstić information content (AvgIpc) is 3.42. The van der Waals surface area contributed by atoms with E-state index in [1.165, 1.54) is 39.2 Å². The summed E-state index contributed by atoms with van der Waals surface area (Å²) in [5.74, 6) is -1.79. The van der Waals surface area contributed by atoms with Gasteiger partial charge in [-0.3, -0.25) is 29.4 Å². The van der Waals surface area contributed by atoms with Gasteiger partial charge in [-0.25, -0.2) is 4.68 Å². The second kappa shape index (κ2) is 13.4. The molecule has 0 atom stereocenters. The average molecular weight is 586 g/mol. The molecule has 3 aromatic rings. The minimum atomic E-state index is -0.753. The number of para-hydroxylation sites is 1. The van der Waals surface area contributed by atoms with Crippen molar-refractivity contribution >= 4 is 29.5 Å². The van der Waals surface area contributed by atoms with E-state index in [-0.39, 0.29) is 54.5 Å². The summed E-state index contributed by atoms with van der Waals surface area (Å²) >= 11 is 0. The second-order valence-corrected chi connectivity index (χ2v) is 9.24. The van der Waals surface area contributed by atoms with Gasteiger partial charge in [0, 0.05) is 35.9 Å². The minimum Gasteiger partial charge on any atom is -0.490 e. The normalized spacial score (nSPS) is 14.2. The third-order valence-electron chi connectivity index (χ3n) is 6.53. The molecule has 1 aromatic heterocycles. The molecule has 0 aliphatic carbocycles. The van der Waals surface area contributed by atoms with Crippen molar-refractivity contribution in [2.45, 2.75) is 13.8 Å². The van der Waals surface area contributed by atoms with Crippen LogP contribution in [0.1, 0.15) is 19.4 Å². The molecule has 0 fully saturated rings. The maximum atomic E-state index is 13.6. The van der Waals surface area contributed by atoms with Crippen molar-refractivity contribution in [3.63, 3.8) is 0 Å². The molecule has 2 heterocycles. The van der Waals surface area contributed by atoms with Gasteiger partial charge in [-0.05, 0) is 42.8 Å². The number of nitriles is 1. The molecule has 0 N–H and O–H groups in total. The van der Waals surface area contributed by atoms with Crippen molar-refractivity contribution < 1.29 is 33.5 Å². The zero-order valence-electron chi connectivity index (χ0n) is 23.6. The van der Waals surface area contributed by atoms with Crippen LogP contribution in [0.25, 0.3) is 23.0 Å². The summed E-state index contributed by atoms with van der Waals surface area (Å²) in [5, 5.41) is 26.2. The molecule has 2 aromatic carbocycles. The Kier molecular flexibility index (Phi) is 9.44. The van der Waals surface area contributed by atoms with E-state index in [2.05, 4.69) is 5.10 Å². The smallest absolute Gasteiger partial charge is 0.311 e. The number of hydrogen-bond donors (Lipinski definition) is 0. The number of ether oxygens (including phenoxy) is 3. The quantitative estimate of drug-likeness (QED) is 0.0809. The van der Waals surface area contributed by atoms with Crippen molar-refractivity contribution in [1.82, 2.24) is 14.7 Å². The van der Waals surface area contributed by atoms with Crippen LogP contribution in [0.5, 0.6) is 5.75 Å². The van der Waals surface area contributed by atoms with Crippen LogP contribution in [-0.4, -0.2) is 70.9 Å². The van der Waals surface area contributed by atoms with Gasteiger partial charge in [0.1, 0.15) is 23.9 Å². The molecule has 13 nitrogen and oxygen atoms in total. The summed E-state index contributed by atoms with van der Waals surface area (Å²) in [6.07, 6.45) is 3.16. The highest BCUT2D eigenvalue weighted by atomic mass is 16.6. The van der Waals surface area contributed by atoms with Gasteiger partial charge >= 0.3 is 11.7 Å². The number of imide groups is 1. The molecule has 1 aliphatic rings. The van der Waals surface area contributed by atoms with Crippen LogP contribution in [0, 0.1) is 21.4 Å². The lowest BCUT2D eigenvalue weighted by Crippen LogP contribution is -2.44. The Morgan fingerprint density at radius 2 is 1.86 bits per heavy atom. The third-order valence-corrected chi connectivity index (χ3v) is 6.53. The molecule has 4 rings (SSSR count). The molecular weight excluding hydrogens is 558 g/mol. The first-order valence-corrected chi connectivity index (χ1v) is 13.0. The SMILES string of the molecule is COc1ccc(-c2nn(-c3ccccc3)cc2/C=C2/C(=O)N(CCOCCOC(C)=O)C(=O)C(C#N)=C2C)cc1[N+](=O)[O-]. The number of methoxy groups -OCH3 is 1. The first kappa shape index (κ1) is 30.4. The molecule has 0 saturated heterocycles. The fourth-order valence-electron chi connectivity index (χ4n) is 4.40. The first-order valence-electron chi connectivity index (χ1n) is 13.0. The molecule has 0 saturated carbocycles. The molecule has 0 spiro atoms. The predicted molar refractivity (Wildman–Crippen MR) is 153 cm³/mol. The van der Waals surface area contributed by atoms with E-state index in [1.807, 2.05) is 36.4 Å². The lowest BCUT2D eigenvalue weighted by molar-refractivity contribution is -0.385. The highest BCUT2D eigenvalue weighted by molar-refractivity contribution is 6.19. The summed E-state index contributed by atoms with van der Waals surface area (Å²) in [7, 11) is 1.33. The zero-order valence-corrected chi connectivity index (χ0v) is 23.6. The van der Waals surface area contributed by atoms with E-state index in [1.54, 1.807) is 16.9 Å². The Labute approximate surface area is 246 Å². The van der Waals surface area contributed by atoms with Crippen LogP contribution in [0.2, 0.25) is 0 Å². The summed E-state index contributed by atoms with van der Waals surface area (Å²) in [5.41, 5.74) is 1.59. The van der Waals surface area contributed by atoms with Crippen molar-refractivity contribution in [3.05, 3.63) is 87.1 Å². The van der Waals surface area contributed by atoms with Crippen LogP contribution < -0.4 is 4.74 Å². The Hall–Kier alpha value is -5.61. The lowest BCUT2D eigenvalue weighted by Gasteiger charge is -2.27. The maximum absolute atomic E-state index is 13.6. The van der Waals surface area contributed by atoms with Gasteiger partial charge in [0.2, 0.25) is 0 Å². The van der Waals surface area contributed by atoms with E-state index in [0.29, 0.717) is 22.5 Å². The third kappa shape index (κ3) is 6.66. The summed E-state index contributed by atoms with van der Waals surface area (Å²) in [4.78, 5) is 49.6. The van der Waals surface area contributed by atoms with Gasteiger partial charge in [0.05, 0.1) is 37.5 Å². The Morgan fingerprint density at radius 1 is 1.12 bits per heavy atom. The fourth-order valence-corrected chi connectivity index (χ4v) is 4.40. The second-order valence-electron chi connectivity index (χ2n) is 9.24. The Bertz CT molecular complexity index is 1680. The first-order chi connectivity index (χ1) is 20.7. The van der Waals surface area contributed by atoms with Gasteiger partial charge in [0.25, 0.3) is 11.8 Å². The standard InChI is InChI=1S/C30H27N5O8/c1-19-24(29(37)33(30(38)25(19)17-31)11-12-42-13-14-43-20(2)36)15-22-18-34(23-7-5-4-6-8-23)32-28(22)21-9-10-27(41-3)26(16-21)35(39)40/h4-10,15-16,18H,11-14H2,1-3H3/b24-15+. The van der Waals surface area contributed by atoms with Gasteiger partial charge < -0.3 is 14.2 Å². The molecule has 0 unspecified atom stereocenters. The predicted octanol–water partition coefficient (Wildman–Crippen LogP) is 3.63. The maximum Gasteiger partial charge on any atom is 0.311 e. The number of nitro groups is 1. The minimum absolute atomic E-state index is 0.0164. The highest BCUT2D eigenvalue weighted by Crippen LogP contribution is 2.35. The highest BCUT2D eigenvalue weighted by Gasteiger charge is 2.35. The fraction of sp³-hybridized carbons (Fsp3) is 0.233. The molecular formula is C30H27N5O8. The van der Waals surface area contributed by atoms with Crippen LogP contribution in [0.15, 0.2) is 71.4 Å². The van der Waals surface area contributed by atoms with Gasteiger partial charge in [0.15, 0.2) is 5.75 Å². The van der Waals surface area contributed by atoms with Crippen LogP contribution in [-0.2, 0) is 23.9 Å². The van der Waals surface area contributed by atoms with Crippen molar-refractivity contribution in [2.24, 2.45) is 0 Å². The Balaban J connectivity index is 1.77. The summed E-state index contributed by atoms with van der Waals surface area (Å²) in [6, 6.07) is 15.4. The van der Waals surface area contributed by atoms with Crippen molar-refractivity contribution in [2.75, 3.05) is 33.5 Å². The molecule has 13 heteroatoms. The van der Waals surface area contributed by atoms with Gasteiger partial charge in [-0.15, -0.1) is 0 Å². The van der Waals surface area contributed by atoms with E-state index in [9.17, 15) is 29.8 Å². The largest absolute Gasteiger partial charge is 0.490 e. The number of carbonyl (C=O) groups is 3. The monoisotopic (exact) mass is 585 g/mol. The molecule has 0 radical (unpaired) electrons. The van der Waals surface area contributed by atoms with E-state index in [4.69, 9.17) is 14.2 Å². The van der Waals surface area contributed by atoms with Crippen LogP contribution in [0.3, 0.4) is 0 Å². The van der Waals surface area contributed by atoms with Gasteiger partial charge in [-0.1, -0.05) is 18.2 Å². The van der Waals surface area contributed by atoms with Crippen molar-refractivity contribution in [3.8, 4) is 28.8 Å². The van der Waals surface area contributed by atoms with Crippen LogP contribution >= 0.6 is 0 Å². The van der Waals surface area contributed by atoms with Gasteiger partial charge in [-0.2, -0.15) is 10.4 Å². The Morgan fingerprint density at radius 3 is 2.51 bits per heavy atom. The number of esters is 1. The van der Waals surface area contributed by atoms with E-state index in [0.717, 1.165) is 4.90 Å². The number of hydrogen-bond acceptors (Lipinski definition) is 10. The molecule has 0 bridgehead atoms. The summed E-state index contributed by atoms with van der Waals surface area (Å²) in [6.45, 7) is 2.66. The molecule has 1 aliphatic heterocycles. The molecule has 220 valence electrons. The number of amides is 2. The number of nitrogens with zero attached hydrogens (tertiary/aromatic N) is 5. The topological polar surface area (TPSA) is 167 Å². The lowest BCUT2D eigenvalue weighted by atomic mass is 9.93. The number of carbonyl (C=O) groups excluding carboxylic acids is 3. The molecule has 43 heavy (non-hydrogen) atoms. The number of rotatable bonds is 11. The molecule has 2 amide bonds. The van der Waals surface area contributed by atoms with E-state index < -0.39 is 22.7 Å². The summed E-state index contributed by atoms with van der Waals surface area (Å²) < 4.78 is 16.9. The van der Waals surface area contributed by atoms with Crippen molar-refractivity contribution in [1.29, 1.82) is 5.26 Å². The van der Waals surface area contributed by atoms with Crippen LogP contribution in [0.4, 0.5) is 5.69 Å². The zero-order chi connectivity index (χ0) is 31.1. The van der Waals surface area contributed by atoms with E-state index >= 15 is 0 Å². The number of benzene rings is 2. The number of aromatic nitrogens is 2. The number of nitro benzene ring substituents is 1.